The molecule has 2 aromatic heterocycles. The molecule has 3 aromatic rings. The Hall–Kier alpha value is -1.87. The van der Waals surface area contributed by atoms with Gasteiger partial charge in [0.1, 0.15) is 0 Å². The maximum Gasteiger partial charge on any atom is 0.230 e. The Balaban J connectivity index is 1.39. The van der Waals surface area contributed by atoms with E-state index >= 15 is 0 Å². The molecule has 1 atom stereocenters. The highest BCUT2D eigenvalue weighted by Crippen LogP contribution is 2.29. The minimum atomic E-state index is -0.0470. The lowest BCUT2D eigenvalue weighted by molar-refractivity contribution is -0.118. The lowest BCUT2D eigenvalue weighted by Gasteiger charge is -2.14. The summed E-state index contributed by atoms with van der Waals surface area (Å²) in [7, 11) is 0. The molecule has 29 heavy (non-hydrogen) atoms. The van der Waals surface area contributed by atoms with Crippen LogP contribution < -0.4 is 5.32 Å². The molecule has 6 nitrogen and oxygen atoms in total. The number of aromatic nitrogens is 3. The number of benzene rings is 1. The van der Waals surface area contributed by atoms with Gasteiger partial charge in [0.05, 0.1) is 23.3 Å². The van der Waals surface area contributed by atoms with Crippen LogP contribution in [-0.4, -0.2) is 39.1 Å². The van der Waals surface area contributed by atoms with Crippen molar-refractivity contribution in [1.82, 2.24) is 20.1 Å². The van der Waals surface area contributed by atoms with Gasteiger partial charge in [0.2, 0.25) is 5.91 Å². The standard InChI is InChI=1S/C20H21ClN4O2S2/c21-15-7-5-14(6-8-15)11-22-18(26)13-29-20-24-23-19(17-4-2-10-28-17)25(20)12-16-3-1-9-27-16/h2,4-8,10,16H,1,3,9,11-13H2,(H,22,26). The van der Waals surface area contributed by atoms with Gasteiger partial charge in [0.15, 0.2) is 11.0 Å². The van der Waals surface area contributed by atoms with Gasteiger partial charge >= 0.3 is 0 Å². The van der Waals surface area contributed by atoms with Gasteiger partial charge in [-0.3, -0.25) is 9.36 Å². The topological polar surface area (TPSA) is 69.0 Å². The fraction of sp³-hybridized carbons (Fsp3) is 0.350. The van der Waals surface area contributed by atoms with Crippen LogP contribution in [0.5, 0.6) is 0 Å². The van der Waals surface area contributed by atoms with Crippen molar-refractivity contribution >= 4 is 40.6 Å². The number of hydrogen-bond donors (Lipinski definition) is 1. The third-order valence-corrected chi connectivity index (χ3v) is 6.69. The number of rotatable bonds is 8. The number of carbonyl (C=O) groups is 1. The second-order valence-electron chi connectivity index (χ2n) is 6.72. The van der Waals surface area contributed by atoms with Gasteiger partial charge in [-0.05, 0) is 42.0 Å². The maximum atomic E-state index is 12.3. The quantitative estimate of drug-likeness (QED) is 0.522. The molecule has 1 unspecified atom stereocenters. The van der Waals surface area contributed by atoms with Gasteiger partial charge in [-0.1, -0.05) is 41.6 Å². The number of ether oxygens (including phenoxy) is 1. The van der Waals surface area contributed by atoms with E-state index in [4.69, 9.17) is 16.3 Å². The van der Waals surface area contributed by atoms with Crippen molar-refractivity contribution in [3.05, 3.63) is 52.4 Å². The summed E-state index contributed by atoms with van der Waals surface area (Å²) in [5, 5.41) is 15.1. The summed E-state index contributed by atoms with van der Waals surface area (Å²) in [4.78, 5) is 13.4. The average molecular weight is 449 g/mol. The highest BCUT2D eigenvalue weighted by atomic mass is 35.5. The Morgan fingerprint density at radius 2 is 2.17 bits per heavy atom. The van der Waals surface area contributed by atoms with Crippen LogP contribution in [0.25, 0.3) is 10.7 Å². The number of amides is 1. The molecule has 1 aromatic carbocycles. The van der Waals surface area contributed by atoms with E-state index in [0.29, 0.717) is 18.1 Å². The van der Waals surface area contributed by atoms with Crippen molar-refractivity contribution in [3.8, 4) is 10.7 Å². The van der Waals surface area contributed by atoms with E-state index in [1.165, 1.54) is 11.8 Å². The zero-order chi connectivity index (χ0) is 20.1. The normalized spacial score (nSPS) is 16.2. The number of thiophene rings is 1. The summed E-state index contributed by atoms with van der Waals surface area (Å²) in [6, 6.07) is 11.5. The van der Waals surface area contributed by atoms with E-state index in [1.54, 1.807) is 11.3 Å². The minimum Gasteiger partial charge on any atom is -0.376 e. The summed E-state index contributed by atoms with van der Waals surface area (Å²) in [6.07, 6.45) is 2.28. The number of halogens is 1. The monoisotopic (exact) mass is 448 g/mol. The molecule has 1 fully saturated rings. The van der Waals surface area contributed by atoms with Crippen LogP contribution in [0.15, 0.2) is 46.9 Å². The lowest BCUT2D eigenvalue weighted by atomic mass is 10.2. The SMILES string of the molecule is O=C(CSc1nnc(-c2cccs2)n1CC1CCCO1)NCc1ccc(Cl)cc1. The van der Waals surface area contributed by atoms with E-state index in [2.05, 4.69) is 20.1 Å². The molecular weight excluding hydrogens is 428 g/mol. The Morgan fingerprint density at radius 3 is 2.90 bits per heavy atom. The molecule has 3 heterocycles. The molecule has 152 valence electrons. The van der Waals surface area contributed by atoms with Crippen LogP contribution in [-0.2, 0) is 22.6 Å². The predicted octanol–water partition coefficient (Wildman–Crippen LogP) is 4.25. The highest BCUT2D eigenvalue weighted by Gasteiger charge is 2.22. The number of carbonyl (C=O) groups excluding carboxylic acids is 1. The largest absolute Gasteiger partial charge is 0.376 e. The maximum absolute atomic E-state index is 12.3. The number of hydrogen-bond acceptors (Lipinski definition) is 6. The van der Waals surface area contributed by atoms with Crippen molar-refractivity contribution in [2.75, 3.05) is 12.4 Å². The molecule has 0 aliphatic carbocycles. The van der Waals surface area contributed by atoms with E-state index in [0.717, 1.165) is 40.9 Å². The number of thioether (sulfide) groups is 1. The van der Waals surface area contributed by atoms with E-state index in [1.807, 2.05) is 41.8 Å². The summed E-state index contributed by atoms with van der Waals surface area (Å²) >= 11 is 8.92. The van der Waals surface area contributed by atoms with Crippen LogP contribution in [0.4, 0.5) is 0 Å². The summed E-state index contributed by atoms with van der Waals surface area (Å²) in [5.41, 5.74) is 1.01. The van der Waals surface area contributed by atoms with Gasteiger partial charge in [0, 0.05) is 18.2 Å². The predicted molar refractivity (Wildman–Crippen MR) is 116 cm³/mol. The van der Waals surface area contributed by atoms with E-state index in [-0.39, 0.29) is 17.8 Å². The first kappa shape index (κ1) is 20.4. The molecule has 1 amide bonds. The zero-order valence-corrected chi connectivity index (χ0v) is 18.1. The zero-order valence-electron chi connectivity index (χ0n) is 15.7. The Kier molecular flexibility index (Phi) is 6.86. The summed E-state index contributed by atoms with van der Waals surface area (Å²) in [5.74, 6) is 1.07. The van der Waals surface area contributed by atoms with Crippen molar-refractivity contribution < 1.29 is 9.53 Å². The second kappa shape index (κ2) is 9.75. The molecule has 0 radical (unpaired) electrons. The smallest absolute Gasteiger partial charge is 0.230 e. The first-order valence-electron chi connectivity index (χ1n) is 9.41. The molecule has 0 saturated carbocycles. The molecule has 1 N–H and O–H groups in total. The molecule has 4 rings (SSSR count). The molecule has 1 saturated heterocycles. The van der Waals surface area contributed by atoms with Gasteiger partial charge in [-0.15, -0.1) is 21.5 Å². The Bertz CT molecular complexity index is 938. The molecule has 0 bridgehead atoms. The first-order chi connectivity index (χ1) is 14.2. The van der Waals surface area contributed by atoms with Crippen LogP contribution in [0, 0.1) is 0 Å². The molecule has 1 aliphatic rings. The van der Waals surface area contributed by atoms with Crippen molar-refractivity contribution in [2.24, 2.45) is 0 Å². The second-order valence-corrected chi connectivity index (χ2v) is 9.05. The van der Waals surface area contributed by atoms with Crippen molar-refractivity contribution in [1.29, 1.82) is 0 Å². The minimum absolute atomic E-state index is 0.0470. The van der Waals surface area contributed by atoms with Gasteiger partial charge in [-0.25, -0.2) is 0 Å². The lowest BCUT2D eigenvalue weighted by Crippen LogP contribution is -2.25. The van der Waals surface area contributed by atoms with Gasteiger partial charge in [0.25, 0.3) is 0 Å². The van der Waals surface area contributed by atoms with Crippen molar-refractivity contribution in [2.45, 2.75) is 37.2 Å². The highest BCUT2D eigenvalue weighted by molar-refractivity contribution is 7.99. The number of nitrogens with zero attached hydrogens (tertiary/aromatic N) is 3. The molecular formula is C20H21ClN4O2S2. The van der Waals surface area contributed by atoms with E-state index < -0.39 is 0 Å². The molecule has 1 aliphatic heterocycles. The summed E-state index contributed by atoms with van der Waals surface area (Å²) < 4.78 is 7.89. The fourth-order valence-electron chi connectivity index (χ4n) is 3.12. The molecule has 0 spiro atoms. The van der Waals surface area contributed by atoms with E-state index in [9.17, 15) is 4.79 Å². The number of nitrogens with one attached hydrogen (secondary N) is 1. The van der Waals surface area contributed by atoms with Crippen LogP contribution in [0.2, 0.25) is 5.02 Å². The first-order valence-corrected chi connectivity index (χ1v) is 11.7. The Labute approximate surface area is 182 Å². The third kappa shape index (κ3) is 5.39. The van der Waals surface area contributed by atoms with Gasteiger partial charge < -0.3 is 10.1 Å². The summed E-state index contributed by atoms with van der Waals surface area (Å²) in [6.45, 7) is 1.98. The van der Waals surface area contributed by atoms with Gasteiger partial charge in [-0.2, -0.15) is 0 Å². The third-order valence-electron chi connectivity index (χ3n) is 4.60. The Morgan fingerprint density at radius 1 is 1.31 bits per heavy atom. The van der Waals surface area contributed by atoms with Crippen molar-refractivity contribution in [3.63, 3.8) is 0 Å². The molecule has 9 heteroatoms. The van der Waals surface area contributed by atoms with Crippen LogP contribution >= 0.6 is 34.7 Å². The average Bonchev–Trinajstić information content (AvgIpc) is 3.49. The fourth-order valence-corrected chi connectivity index (χ4v) is 4.75. The van der Waals surface area contributed by atoms with Crippen LogP contribution in [0.1, 0.15) is 18.4 Å². The van der Waals surface area contributed by atoms with Crippen LogP contribution in [0.3, 0.4) is 0 Å².